The van der Waals surface area contributed by atoms with Crippen LogP contribution in [0.5, 0.6) is 28.7 Å². The summed E-state index contributed by atoms with van der Waals surface area (Å²) >= 11 is 0. The first kappa shape index (κ1) is 32.7. The summed E-state index contributed by atoms with van der Waals surface area (Å²) in [6.45, 7) is 9.59. The van der Waals surface area contributed by atoms with Gasteiger partial charge in [0.2, 0.25) is 0 Å². The van der Waals surface area contributed by atoms with Gasteiger partial charge in [-0.25, -0.2) is 0 Å². The molecule has 0 saturated carbocycles. The molecule has 5 aromatic rings. The second-order valence-corrected chi connectivity index (χ2v) is 17.2. The molecular weight excluding hydrogens is 654 g/mol. The molecule has 5 aromatic carbocycles. The highest BCUT2D eigenvalue weighted by atomic mass is 31.3. The van der Waals surface area contributed by atoms with Crippen molar-refractivity contribution in [2.75, 3.05) is 0 Å². The Hall–Kier alpha value is -4.28. The van der Waals surface area contributed by atoms with Crippen LogP contribution in [0.15, 0.2) is 135 Å². The maximum Gasteiger partial charge on any atom is 0.460 e. The van der Waals surface area contributed by atoms with E-state index in [4.69, 9.17) is 27.1 Å². The molecule has 0 N–H and O–H groups in total. The monoisotopic (exact) mass is 689 g/mol. The summed E-state index contributed by atoms with van der Waals surface area (Å²) in [5, 5.41) is 0. The largest absolute Gasteiger partial charge is 0.460 e. The van der Waals surface area contributed by atoms with E-state index < -0.39 is 23.1 Å². The van der Waals surface area contributed by atoms with E-state index in [9.17, 15) is 0 Å². The van der Waals surface area contributed by atoms with Gasteiger partial charge in [-0.15, -0.1) is 13.2 Å². The van der Waals surface area contributed by atoms with Crippen molar-refractivity contribution < 1.29 is 26.8 Å². The molecule has 12 heteroatoms. The van der Waals surface area contributed by atoms with Gasteiger partial charge in [-0.3, -0.25) is 0 Å². The van der Waals surface area contributed by atoms with Crippen LogP contribution in [-0.4, -0.2) is 0 Å². The molecule has 0 saturated heterocycles. The Morgan fingerprint density at radius 3 is 0.957 bits per heavy atom. The van der Waals surface area contributed by atoms with Gasteiger partial charge < -0.3 is 22.6 Å². The van der Waals surface area contributed by atoms with E-state index >= 15 is 4.20 Å². The molecule has 47 heavy (non-hydrogen) atoms. The van der Waals surface area contributed by atoms with Crippen molar-refractivity contribution in [3.05, 3.63) is 149 Å². The number of nitrogens with zero attached hydrogens (tertiary/aromatic N) is 3. The van der Waals surface area contributed by atoms with Gasteiger partial charge in [0.05, 0.1) is 0 Å². The Morgan fingerprint density at radius 1 is 0.383 bits per heavy atom. The molecule has 6 rings (SSSR count). The van der Waals surface area contributed by atoms with Crippen LogP contribution in [0, 0.1) is 34.6 Å². The fraction of sp³-hybridized carbons (Fsp3) is 0.143. The first-order valence-corrected chi connectivity index (χ1v) is 19.5. The van der Waals surface area contributed by atoms with Crippen molar-refractivity contribution >= 4 is 23.1 Å². The van der Waals surface area contributed by atoms with E-state index in [-0.39, 0.29) is 5.75 Å². The molecule has 0 radical (unpaired) electrons. The van der Waals surface area contributed by atoms with Crippen LogP contribution in [0.2, 0.25) is 0 Å². The van der Waals surface area contributed by atoms with Gasteiger partial charge in [-0.05, 0) is 123 Å². The van der Waals surface area contributed by atoms with Gasteiger partial charge in [0.15, 0.2) is 0 Å². The van der Waals surface area contributed by atoms with Gasteiger partial charge in [0.1, 0.15) is 28.7 Å². The van der Waals surface area contributed by atoms with E-state index in [1.807, 2.05) is 89.2 Å². The number of aryl methyl sites for hydroxylation is 5. The molecule has 1 heterocycles. The second kappa shape index (κ2) is 13.4. The van der Waals surface area contributed by atoms with Gasteiger partial charge >= 0.3 is 23.1 Å². The maximum atomic E-state index is 17.7. The quantitative estimate of drug-likeness (QED) is 0.136. The zero-order valence-corrected chi connectivity index (χ0v) is 29.3. The summed E-state index contributed by atoms with van der Waals surface area (Å²) in [7, 11) is -12.8. The number of hydrogen-bond acceptors (Lipinski definition) is 8. The molecule has 0 bridgehead atoms. The third kappa shape index (κ3) is 8.36. The molecule has 0 aromatic heterocycles. The molecular formula is C35H35FN3O5P3. The number of rotatable bonds is 10. The summed E-state index contributed by atoms with van der Waals surface area (Å²) in [6.07, 6.45) is 0. The van der Waals surface area contributed by atoms with E-state index in [0.717, 1.165) is 27.8 Å². The van der Waals surface area contributed by atoms with Crippen molar-refractivity contribution in [3.8, 4) is 28.7 Å². The van der Waals surface area contributed by atoms with Gasteiger partial charge in [-0.2, -0.15) is 0 Å². The van der Waals surface area contributed by atoms with Gasteiger partial charge in [0, 0.05) is 0 Å². The van der Waals surface area contributed by atoms with E-state index in [1.54, 1.807) is 66.7 Å². The zero-order valence-electron chi connectivity index (χ0n) is 26.6. The normalized spacial score (nSPS) is 17.7. The summed E-state index contributed by atoms with van der Waals surface area (Å²) in [4.78, 5) is 0. The first-order chi connectivity index (χ1) is 22.5. The van der Waals surface area contributed by atoms with Gasteiger partial charge in [-0.1, -0.05) is 65.2 Å². The van der Waals surface area contributed by atoms with Crippen molar-refractivity contribution in [1.29, 1.82) is 0 Å². The molecule has 0 fully saturated rings. The summed E-state index contributed by atoms with van der Waals surface area (Å²) in [5.74, 6) is 1.76. The van der Waals surface area contributed by atoms with Crippen LogP contribution < -0.4 is 22.6 Å². The lowest BCUT2D eigenvalue weighted by molar-refractivity contribution is 0.454. The molecule has 242 valence electrons. The molecule has 0 amide bonds. The predicted molar refractivity (Wildman–Crippen MR) is 188 cm³/mol. The lowest BCUT2D eigenvalue weighted by Gasteiger charge is -2.31. The van der Waals surface area contributed by atoms with Crippen LogP contribution in [0.3, 0.4) is 0 Å². The number of benzene rings is 5. The lowest BCUT2D eigenvalue weighted by Crippen LogP contribution is -2.08. The number of hydrogen-bond donors (Lipinski definition) is 0. The smallest absolute Gasteiger partial charge is 0.419 e. The summed E-state index contributed by atoms with van der Waals surface area (Å²) in [6, 6.07) is 36.3. The predicted octanol–water partition coefficient (Wildman–Crippen LogP) is 12.7. The van der Waals surface area contributed by atoms with Crippen molar-refractivity contribution in [3.63, 3.8) is 0 Å². The highest BCUT2D eigenvalue weighted by Crippen LogP contribution is 2.79. The zero-order chi connectivity index (χ0) is 33.1. The Morgan fingerprint density at radius 2 is 0.660 bits per heavy atom. The first-order valence-electron chi connectivity index (χ1n) is 14.9. The molecule has 8 nitrogen and oxygen atoms in total. The van der Waals surface area contributed by atoms with Crippen molar-refractivity contribution in [2.24, 2.45) is 13.5 Å². The van der Waals surface area contributed by atoms with Crippen LogP contribution in [0.25, 0.3) is 0 Å². The van der Waals surface area contributed by atoms with Crippen LogP contribution in [0.4, 0.5) is 4.20 Å². The van der Waals surface area contributed by atoms with Crippen LogP contribution >= 0.6 is 23.1 Å². The molecule has 1 aliphatic heterocycles. The fourth-order valence-corrected chi connectivity index (χ4v) is 13.0. The summed E-state index contributed by atoms with van der Waals surface area (Å²) in [5.41, 5.74) is 4.55. The molecule has 0 aliphatic carbocycles. The SMILES string of the molecule is Cc1cccc(OP2(F)=NP(Oc3cccc(C)c3)(Oc3cccc(C)c3)=NP(Oc3cccc(C)c3)(Oc3cccc(C)c3)=N2)c1. The second-order valence-electron chi connectivity index (χ2n) is 11.3. The van der Waals surface area contributed by atoms with E-state index in [1.165, 1.54) is 0 Å². The minimum atomic E-state index is -4.69. The lowest BCUT2D eigenvalue weighted by atomic mass is 10.2. The van der Waals surface area contributed by atoms with Crippen LogP contribution in [0.1, 0.15) is 27.8 Å². The van der Waals surface area contributed by atoms with Gasteiger partial charge in [0.25, 0.3) is 0 Å². The fourth-order valence-electron chi connectivity index (χ4n) is 4.74. The Labute approximate surface area is 275 Å². The average molecular weight is 690 g/mol. The Kier molecular flexibility index (Phi) is 9.34. The molecule has 0 spiro atoms. The topological polar surface area (TPSA) is 83.2 Å². The summed E-state index contributed by atoms with van der Waals surface area (Å²) < 4.78 is 64.2. The Balaban J connectivity index is 1.65. The van der Waals surface area contributed by atoms with Crippen molar-refractivity contribution in [1.82, 2.24) is 0 Å². The molecule has 1 unspecified atom stereocenters. The van der Waals surface area contributed by atoms with Crippen LogP contribution in [-0.2, 0) is 0 Å². The Bertz CT molecular complexity index is 1920. The van der Waals surface area contributed by atoms with E-state index in [0.29, 0.717) is 23.0 Å². The standard InChI is InChI=1S/C35H35FN3O5P3/c1-26-11-6-16-31(21-26)40-45(36)37-46(41-32-17-7-12-27(2)22-32,42-33-18-8-13-28(3)23-33)39-47(38-45,43-34-19-9-14-29(4)24-34)44-35-20-10-15-30(5)25-35/h6-25H,1-5H3. The van der Waals surface area contributed by atoms with Crippen molar-refractivity contribution in [2.45, 2.75) is 34.6 Å². The maximum absolute atomic E-state index is 17.7. The highest BCUT2D eigenvalue weighted by molar-refractivity contribution is 7.78. The molecule has 1 aliphatic rings. The third-order valence-electron chi connectivity index (χ3n) is 6.74. The van der Waals surface area contributed by atoms with E-state index in [2.05, 4.69) is 9.03 Å². The molecule has 1 atom stereocenters. The minimum Gasteiger partial charge on any atom is -0.419 e. The number of halogens is 1. The minimum absolute atomic E-state index is 0.239. The highest BCUT2D eigenvalue weighted by Gasteiger charge is 2.47. The average Bonchev–Trinajstić information content (AvgIpc) is 2.96. The third-order valence-corrected chi connectivity index (χ3v) is 14.4.